The first-order chi connectivity index (χ1) is 15.7. The summed E-state index contributed by atoms with van der Waals surface area (Å²) in [5, 5.41) is 9.04. The Morgan fingerprint density at radius 3 is 2.12 bits per heavy atom. The van der Waals surface area contributed by atoms with Crippen LogP contribution >= 0.6 is 0 Å². The number of halogens is 5. The van der Waals surface area contributed by atoms with Crippen molar-refractivity contribution in [2.75, 3.05) is 5.32 Å². The van der Waals surface area contributed by atoms with Crippen molar-refractivity contribution >= 4 is 11.6 Å². The topological polar surface area (TPSA) is 81.9 Å². The molecule has 4 rings (SSSR count). The average Bonchev–Trinajstić information content (AvgIpc) is 3.23. The second-order valence-electron chi connectivity index (χ2n) is 6.57. The molecule has 33 heavy (non-hydrogen) atoms. The number of carbonyl (C=O) groups excluding carboxylic acids is 1. The summed E-state index contributed by atoms with van der Waals surface area (Å²) in [6.07, 6.45) is -3.82. The first kappa shape index (κ1) is 21.9. The third-order valence-corrected chi connectivity index (χ3v) is 4.26. The van der Waals surface area contributed by atoms with Gasteiger partial charge in [0.2, 0.25) is 5.88 Å². The van der Waals surface area contributed by atoms with Gasteiger partial charge in [0.15, 0.2) is 11.4 Å². The first-order valence-electron chi connectivity index (χ1n) is 9.20. The number of amides is 1. The molecule has 4 aromatic rings. The molecule has 0 atom stereocenters. The smallest absolute Gasteiger partial charge is 0.435 e. The molecular weight excluding hydrogens is 449 g/mol. The molecule has 0 spiro atoms. The molecule has 1 N–H and O–H groups in total. The lowest BCUT2D eigenvalue weighted by Crippen LogP contribution is -2.21. The van der Waals surface area contributed by atoms with Gasteiger partial charge < -0.3 is 10.1 Å². The number of hydrogen-bond donors (Lipinski definition) is 1. The predicted octanol–water partition coefficient (Wildman–Crippen LogP) is 5.00. The fourth-order valence-electron chi connectivity index (χ4n) is 2.78. The van der Waals surface area contributed by atoms with Gasteiger partial charge >= 0.3 is 6.18 Å². The summed E-state index contributed by atoms with van der Waals surface area (Å²) in [5.74, 6) is -1.84. The highest BCUT2D eigenvalue weighted by atomic mass is 19.4. The highest BCUT2D eigenvalue weighted by Gasteiger charge is 2.42. The van der Waals surface area contributed by atoms with Gasteiger partial charge in [0.1, 0.15) is 17.4 Å². The number of rotatable bonds is 5. The third-order valence-electron chi connectivity index (χ3n) is 4.26. The van der Waals surface area contributed by atoms with Gasteiger partial charge in [0, 0.05) is 6.07 Å². The van der Waals surface area contributed by atoms with E-state index in [2.05, 4.69) is 20.6 Å². The largest absolute Gasteiger partial charge is 0.439 e. The van der Waals surface area contributed by atoms with Crippen LogP contribution in [-0.4, -0.2) is 25.9 Å². The van der Waals surface area contributed by atoms with Crippen molar-refractivity contribution in [3.8, 4) is 17.3 Å². The maximum atomic E-state index is 13.7. The maximum Gasteiger partial charge on any atom is 0.435 e. The van der Waals surface area contributed by atoms with Gasteiger partial charge in [0.25, 0.3) is 5.91 Å². The van der Waals surface area contributed by atoms with Crippen LogP contribution in [0.1, 0.15) is 16.2 Å². The Morgan fingerprint density at radius 2 is 1.55 bits per heavy atom. The Balaban J connectivity index is 1.54. The SMILES string of the molecule is O=C(Nc1ccc(Oc2ccc(F)cc2)nc1)c1nnn(-c2ccc(F)cc2)c1C(F)(F)F. The van der Waals surface area contributed by atoms with E-state index in [0.29, 0.717) is 10.4 Å². The van der Waals surface area contributed by atoms with Gasteiger partial charge in [-0.25, -0.2) is 18.4 Å². The summed E-state index contributed by atoms with van der Waals surface area (Å²) in [5.41, 5.74) is -2.45. The van der Waals surface area contributed by atoms with Crippen LogP contribution in [0.4, 0.5) is 27.6 Å². The molecule has 12 heteroatoms. The van der Waals surface area contributed by atoms with Crippen molar-refractivity contribution in [1.82, 2.24) is 20.0 Å². The molecule has 0 saturated carbocycles. The summed E-state index contributed by atoms with van der Waals surface area (Å²) in [7, 11) is 0. The lowest BCUT2D eigenvalue weighted by Gasteiger charge is -2.11. The van der Waals surface area contributed by atoms with E-state index >= 15 is 0 Å². The number of nitrogens with one attached hydrogen (secondary N) is 1. The number of nitrogens with zero attached hydrogens (tertiary/aromatic N) is 4. The van der Waals surface area contributed by atoms with Crippen molar-refractivity contribution in [3.63, 3.8) is 0 Å². The molecule has 0 aliphatic heterocycles. The molecule has 7 nitrogen and oxygen atoms in total. The molecule has 2 aromatic carbocycles. The number of pyridine rings is 1. The van der Waals surface area contributed by atoms with Gasteiger partial charge in [-0.1, -0.05) is 5.21 Å². The summed E-state index contributed by atoms with van der Waals surface area (Å²) < 4.78 is 72.9. The Morgan fingerprint density at radius 1 is 0.909 bits per heavy atom. The zero-order chi connectivity index (χ0) is 23.6. The van der Waals surface area contributed by atoms with Gasteiger partial charge in [0.05, 0.1) is 17.6 Å². The van der Waals surface area contributed by atoms with Crippen LogP contribution in [0.25, 0.3) is 5.69 Å². The monoisotopic (exact) mass is 461 g/mol. The Labute approximate surface area is 182 Å². The van der Waals surface area contributed by atoms with E-state index in [4.69, 9.17) is 4.74 Å². The second-order valence-corrected chi connectivity index (χ2v) is 6.57. The minimum atomic E-state index is -4.98. The summed E-state index contributed by atoms with van der Waals surface area (Å²) in [6, 6.07) is 11.9. The van der Waals surface area contributed by atoms with Gasteiger partial charge in [-0.2, -0.15) is 13.2 Å². The maximum absolute atomic E-state index is 13.7. The molecule has 0 saturated heterocycles. The van der Waals surface area contributed by atoms with E-state index in [-0.39, 0.29) is 17.3 Å². The van der Waals surface area contributed by atoms with E-state index in [1.54, 1.807) is 0 Å². The third kappa shape index (κ3) is 4.95. The van der Waals surface area contributed by atoms with Gasteiger partial charge in [-0.3, -0.25) is 4.79 Å². The standard InChI is InChI=1S/C21H12F5N5O2/c22-12-1-6-15(7-2-12)31-19(21(24,25)26)18(29-30-31)20(32)28-14-5-10-17(27-11-14)33-16-8-3-13(23)4-9-16/h1-11H,(H,28,32). The van der Waals surface area contributed by atoms with E-state index in [0.717, 1.165) is 30.5 Å². The molecule has 0 fully saturated rings. The van der Waals surface area contributed by atoms with E-state index in [1.165, 1.54) is 36.4 Å². The van der Waals surface area contributed by atoms with Crippen LogP contribution in [0.15, 0.2) is 66.9 Å². The van der Waals surface area contributed by atoms with Crippen molar-refractivity contribution in [3.05, 3.63) is 89.9 Å². The number of aromatic nitrogens is 4. The normalized spacial score (nSPS) is 11.3. The van der Waals surface area contributed by atoms with E-state index < -0.39 is 35.1 Å². The van der Waals surface area contributed by atoms with Crippen LogP contribution in [0.5, 0.6) is 11.6 Å². The minimum absolute atomic E-state index is 0.0657. The van der Waals surface area contributed by atoms with Gasteiger partial charge in [-0.15, -0.1) is 5.10 Å². The zero-order valence-electron chi connectivity index (χ0n) is 16.3. The molecule has 2 aromatic heterocycles. The minimum Gasteiger partial charge on any atom is -0.439 e. The molecule has 168 valence electrons. The number of hydrogen-bond acceptors (Lipinski definition) is 5. The number of alkyl halides is 3. The number of ether oxygens (including phenoxy) is 1. The fraction of sp³-hybridized carbons (Fsp3) is 0.0476. The molecular formula is C21H12F5N5O2. The molecule has 0 radical (unpaired) electrons. The molecule has 0 bridgehead atoms. The van der Waals surface area contributed by atoms with E-state index in [9.17, 15) is 26.7 Å². The van der Waals surface area contributed by atoms with Gasteiger partial charge in [-0.05, 0) is 54.6 Å². The van der Waals surface area contributed by atoms with Crippen LogP contribution < -0.4 is 10.1 Å². The Hall–Kier alpha value is -4.35. The summed E-state index contributed by atoms with van der Waals surface area (Å²) in [6.45, 7) is 0. The lowest BCUT2D eigenvalue weighted by molar-refractivity contribution is -0.143. The lowest BCUT2D eigenvalue weighted by atomic mass is 10.2. The van der Waals surface area contributed by atoms with Crippen molar-refractivity contribution < 1.29 is 31.5 Å². The number of carbonyl (C=O) groups is 1. The second kappa shape index (κ2) is 8.65. The quantitative estimate of drug-likeness (QED) is 0.423. The van der Waals surface area contributed by atoms with Crippen molar-refractivity contribution in [1.29, 1.82) is 0 Å². The summed E-state index contributed by atoms with van der Waals surface area (Å²) in [4.78, 5) is 16.5. The number of benzene rings is 2. The molecule has 0 unspecified atom stereocenters. The highest BCUT2D eigenvalue weighted by molar-refractivity contribution is 6.03. The zero-order valence-corrected chi connectivity index (χ0v) is 16.3. The van der Waals surface area contributed by atoms with Crippen LogP contribution in [0, 0.1) is 11.6 Å². The van der Waals surface area contributed by atoms with Crippen LogP contribution in [0.2, 0.25) is 0 Å². The fourth-order valence-corrected chi connectivity index (χ4v) is 2.78. The first-order valence-corrected chi connectivity index (χ1v) is 9.20. The molecule has 0 aliphatic carbocycles. The van der Waals surface area contributed by atoms with E-state index in [1.807, 2.05) is 0 Å². The van der Waals surface area contributed by atoms with Crippen molar-refractivity contribution in [2.45, 2.75) is 6.18 Å². The van der Waals surface area contributed by atoms with Crippen molar-refractivity contribution in [2.24, 2.45) is 0 Å². The molecule has 0 aliphatic rings. The average molecular weight is 461 g/mol. The Kier molecular flexibility index (Phi) is 5.73. The summed E-state index contributed by atoms with van der Waals surface area (Å²) >= 11 is 0. The molecule has 1 amide bonds. The predicted molar refractivity (Wildman–Crippen MR) is 105 cm³/mol. The molecule has 2 heterocycles. The van der Waals surface area contributed by atoms with Crippen LogP contribution in [-0.2, 0) is 6.18 Å². The highest BCUT2D eigenvalue weighted by Crippen LogP contribution is 2.33. The Bertz CT molecular complexity index is 1270. The number of anilines is 1. The van der Waals surface area contributed by atoms with Crippen LogP contribution in [0.3, 0.4) is 0 Å².